The van der Waals surface area contributed by atoms with Gasteiger partial charge in [0.15, 0.2) is 0 Å². The zero-order valence-electron chi connectivity index (χ0n) is 11.4. The Bertz CT molecular complexity index is 286. The third-order valence-electron chi connectivity index (χ3n) is 3.09. The van der Waals surface area contributed by atoms with Crippen molar-refractivity contribution in [3.8, 4) is 0 Å². The van der Waals surface area contributed by atoms with Gasteiger partial charge < -0.3 is 11.1 Å². The van der Waals surface area contributed by atoms with E-state index in [-0.39, 0.29) is 24.9 Å². The summed E-state index contributed by atoms with van der Waals surface area (Å²) in [5.41, 5.74) is 5.20. The molecule has 0 aliphatic heterocycles. The summed E-state index contributed by atoms with van der Waals surface area (Å²) in [6.45, 7) is 5.24. The van der Waals surface area contributed by atoms with E-state index < -0.39 is 0 Å². The van der Waals surface area contributed by atoms with E-state index in [9.17, 15) is 9.59 Å². The Labute approximate surface area is 109 Å². The Morgan fingerprint density at radius 3 is 2.39 bits per heavy atom. The van der Waals surface area contributed by atoms with E-state index in [1.807, 2.05) is 4.90 Å². The van der Waals surface area contributed by atoms with Gasteiger partial charge in [-0.3, -0.25) is 14.5 Å². The van der Waals surface area contributed by atoms with E-state index in [0.29, 0.717) is 18.5 Å². The highest BCUT2D eigenvalue weighted by molar-refractivity contribution is 5.80. The topological polar surface area (TPSA) is 75.4 Å². The van der Waals surface area contributed by atoms with Gasteiger partial charge in [0.2, 0.25) is 11.8 Å². The number of hydrogen-bond donors (Lipinski definition) is 2. The van der Waals surface area contributed by atoms with Gasteiger partial charge in [0.05, 0.1) is 13.1 Å². The van der Waals surface area contributed by atoms with Gasteiger partial charge in [-0.05, 0) is 18.8 Å². The second-order valence-electron chi connectivity index (χ2n) is 5.58. The first kappa shape index (κ1) is 15.0. The summed E-state index contributed by atoms with van der Waals surface area (Å²) < 4.78 is 0. The lowest BCUT2D eigenvalue weighted by atomic mass is 10.2. The van der Waals surface area contributed by atoms with Crippen molar-refractivity contribution in [1.29, 1.82) is 0 Å². The fourth-order valence-electron chi connectivity index (χ4n) is 2.47. The molecule has 1 aliphatic rings. The minimum absolute atomic E-state index is 0.00352. The fraction of sp³-hybridized carbons (Fsp3) is 0.846. The summed E-state index contributed by atoms with van der Waals surface area (Å²) in [7, 11) is 0. The summed E-state index contributed by atoms with van der Waals surface area (Å²) in [5.74, 6) is 0.0248. The molecular formula is C13H25N3O2. The highest BCUT2D eigenvalue weighted by Crippen LogP contribution is 2.17. The maximum atomic E-state index is 11.9. The summed E-state index contributed by atoms with van der Waals surface area (Å²) in [6, 6.07) is 0.326. The van der Waals surface area contributed by atoms with Crippen LogP contribution in [0.25, 0.3) is 0 Å². The first-order valence-corrected chi connectivity index (χ1v) is 6.77. The number of rotatable bonds is 7. The average molecular weight is 255 g/mol. The zero-order chi connectivity index (χ0) is 13.5. The van der Waals surface area contributed by atoms with E-state index in [2.05, 4.69) is 19.2 Å². The van der Waals surface area contributed by atoms with Crippen LogP contribution in [-0.4, -0.2) is 42.4 Å². The van der Waals surface area contributed by atoms with Gasteiger partial charge in [-0.1, -0.05) is 26.7 Å². The SMILES string of the molecule is CC(C)CN(CC(N)=O)CC(=O)NC1CCCC1. The molecule has 0 radical (unpaired) electrons. The Balaban J connectivity index is 2.37. The number of hydrogen-bond acceptors (Lipinski definition) is 3. The van der Waals surface area contributed by atoms with Crippen LogP contribution in [0.5, 0.6) is 0 Å². The van der Waals surface area contributed by atoms with Crippen LogP contribution in [0.4, 0.5) is 0 Å². The maximum Gasteiger partial charge on any atom is 0.234 e. The normalized spacial score (nSPS) is 16.4. The molecule has 18 heavy (non-hydrogen) atoms. The predicted molar refractivity (Wildman–Crippen MR) is 70.9 cm³/mol. The van der Waals surface area contributed by atoms with Crippen molar-refractivity contribution in [1.82, 2.24) is 10.2 Å². The number of nitrogens with two attached hydrogens (primary N) is 1. The molecule has 0 aromatic rings. The summed E-state index contributed by atoms with van der Waals surface area (Å²) >= 11 is 0. The van der Waals surface area contributed by atoms with Crippen LogP contribution >= 0.6 is 0 Å². The smallest absolute Gasteiger partial charge is 0.234 e. The molecule has 0 heterocycles. The van der Waals surface area contributed by atoms with Crippen LogP contribution in [0.15, 0.2) is 0 Å². The Morgan fingerprint density at radius 2 is 1.89 bits per heavy atom. The lowest BCUT2D eigenvalue weighted by molar-refractivity contribution is -0.124. The quantitative estimate of drug-likeness (QED) is 0.695. The molecule has 1 fully saturated rings. The van der Waals surface area contributed by atoms with Gasteiger partial charge in [-0.15, -0.1) is 0 Å². The van der Waals surface area contributed by atoms with Crippen LogP contribution in [0, 0.1) is 5.92 Å². The van der Waals surface area contributed by atoms with Crippen molar-refractivity contribution < 1.29 is 9.59 Å². The van der Waals surface area contributed by atoms with Gasteiger partial charge >= 0.3 is 0 Å². The summed E-state index contributed by atoms with van der Waals surface area (Å²) in [5, 5.41) is 3.02. The molecule has 0 atom stereocenters. The van der Waals surface area contributed by atoms with Crippen LogP contribution in [0.3, 0.4) is 0 Å². The number of primary amides is 1. The van der Waals surface area contributed by atoms with Crippen molar-refractivity contribution in [3.05, 3.63) is 0 Å². The zero-order valence-corrected chi connectivity index (χ0v) is 11.4. The monoisotopic (exact) mass is 255 g/mol. The van der Waals surface area contributed by atoms with E-state index in [1.165, 1.54) is 12.8 Å². The summed E-state index contributed by atoms with van der Waals surface area (Å²) in [6.07, 6.45) is 4.54. The minimum Gasteiger partial charge on any atom is -0.369 e. The molecule has 0 aromatic carbocycles. The molecular weight excluding hydrogens is 230 g/mol. The minimum atomic E-state index is -0.385. The molecule has 2 amide bonds. The standard InChI is InChI=1S/C13H25N3O2/c1-10(2)7-16(8-12(14)17)9-13(18)15-11-5-3-4-6-11/h10-11H,3-9H2,1-2H3,(H2,14,17)(H,15,18). The number of nitrogens with zero attached hydrogens (tertiary/aromatic N) is 1. The lowest BCUT2D eigenvalue weighted by Gasteiger charge is -2.23. The van der Waals surface area contributed by atoms with E-state index in [0.717, 1.165) is 12.8 Å². The molecule has 0 spiro atoms. The molecule has 0 bridgehead atoms. The molecule has 5 heteroatoms. The van der Waals surface area contributed by atoms with E-state index >= 15 is 0 Å². The van der Waals surface area contributed by atoms with Crippen molar-refractivity contribution in [3.63, 3.8) is 0 Å². The van der Waals surface area contributed by atoms with Gasteiger partial charge in [-0.2, -0.15) is 0 Å². The largest absolute Gasteiger partial charge is 0.369 e. The molecule has 0 unspecified atom stereocenters. The second-order valence-corrected chi connectivity index (χ2v) is 5.58. The van der Waals surface area contributed by atoms with Crippen molar-refractivity contribution in [2.24, 2.45) is 11.7 Å². The fourth-order valence-corrected chi connectivity index (χ4v) is 2.47. The predicted octanol–water partition coefficient (Wildman–Crippen LogP) is 0.489. The average Bonchev–Trinajstić information content (AvgIpc) is 2.67. The molecule has 0 aromatic heterocycles. The summed E-state index contributed by atoms with van der Waals surface area (Å²) in [4.78, 5) is 24.7. The molecule has 1 rings (SSSR count). The van der Waals surface area contributed by atoms with Crippen LogP contribution in [0.2, 0.25) is 0 Å². The molecule has 1 saturated carbocycles. The van der Waals surface area contributed by atoms with Crippen LogP contribution in [-0.2, 0) is 9.59 Å². The first-order valence-electron chi connectivity index (χ1n) is 6.77. The Kier molecular flexibility index (Phi) is 6.12. The molecule has 104 valence electrons. The third kappa shape index (κ3) is 6.00. The highest BCUT2D eigenvalue weighted by Gasteiger charge is 2.19. The highest BCUT2D eigenvalue weighted by atomic mass is 16.2. The Morgan fingerprint density at radius 1 is 1.28 bits per heavy atom. The van der Waals surface area contributed by atoms with Gasteiger partial charge in [0, 0.05) is 12.6 Å². The van der Waals surface area contributed by atoms with Gasteiger partial charge in [0.1, 0.15) is 0 Å². The van der Waals surface area contributed by atoms with Crippen molar-refractivity contribution >= 4 is 11.8 Å². The second kappa shape index (κ2) is 7.36. The van der Waals surface area contributed by atoms with Gasteiger partial charge in [0.25, 0.3) is 0 Å². The molecule has 3 N–H and O–H groups in total. The van der Waals surface area contributed by atoms with Crippen molar-refractivity contribution in [2.75, 3.05) is 19.6 Å². The molecule has 5 nitrogen and oxygen atoms in total. The number of carbonyl (C=O) groups excluding carboxylic acids is 2. The molecule has 1 aliphatic carbocycles. The van der Waals surface area contributed by atoms with E-state index in [1.54, 1.807) is 0 Å². The third-order valence-corrected chi connectivity index (χ3v) is 3.09. The number of amides is 2. The van der Waals surface area contributed by atoms with Crippen molar-refractivity contribution in [2.45, 2.75) is 45.6 Å². The van der Waals surface area contributed by atoms with Crippen LogP contribution < -0.4 is 11.1 Å². The van der Waals surface area contributed by atoms with E-state index in [4.69, 9.17) is 5.73 Å². The lowest BCUT2D eigenvalue weighted by Crippen LogP contribution is -2.45. The Hall–Kier alpha value is -1.10. The number of carbonyl (C=O) groups is 2. The maximum absolute atomic E-state index is 11.9. The molecule has 0 saturated heterocycles. The van der Waals surface area contributed by atoms with Crippen LogP contribution in [0.1, 0.15) is 39.5 Å². The number of nitrogens with one attached hydrogen (secondary N) is 1. The van der Waals surface area contributed by atoms with Gasteiger partial charge in [-0.25, -0.2) is 0 Å². The first-order chi connectivity index (χ1) is 8.47.